The van der Waals surface area contributed by atoms with Crippen molar-refractivity contribution in [3.63, 3.8) is 0 Å². The van der Waals surface area contributed by atoms with Gasteiger partial charge >= 0.3 is 0 Å². The van der Waals surface area contributed by atoms with Crippen LogP contribution >= 0.6 is 0 Å². The highest BCUT2D eigenvalue weighted by molar-refractivity contribution is 5.99. The predicted octanol–water partition coefficient (Wildman–Crippen LogP) is 2.82. The number of nitrogens with zero attached hydrogens (tertiary/aromatic N) is 3. The Kier molecular flexibility index (Phi) is 4.87. The number of aryl methyl sites for hydroxylation is 1. The molecule has 0 spiro atoms. The second-order valence-electron chi connectivity index (χ2n) is 6.73. The number of nitrogens with one attached hydrogen (secondary N) is 1. The van der Waals surface area contributed by atoms with E-state index >= 15 is 0 Å². The number of aromatic nitrogens is 2. The van der Waals surface area contributed by atoms with Crippen LogP contribution in [0, 0.1) is 0 Å². The molecular formula is C21H22N4O2. The van der Waals surface area contributed by atoms with Crippen LogP contribution in [0.1, 0.15) is 35.4 Å². The van der Waals surface area contributed by atoms with E-state index in [1.807, 2.05) is 42.7 Å². The SMILES string of the molecule is O=C(NCCCc1ncc2ccccn12)c1cccc(N2CCCC2=O)c1. The third-order valence-corrected chi connectivity index (χ3v) is 4.87. The van der Waals surface area contributed by atoms with Gasteiger partial charge in [-0.2, -0.15) is 0 Å². The lowest BCUT2D eigenvalue weighted by Crippen LogP contribution is -2.26. The van der Waals surface area contributed by atoms with Crippen molar-refractivity contribution < 1.29 is 9.59 Å². The number of fused-ring (bicyclic) bond motifs is 1. The van der Waals surface area contributed by atoms with E-state index in [0.29, 0.717) is 18.5 Å². The normalized spacial score (nSPS) is 14.1. The summed E-state index contributed by atoms with van der Waals surface area (Å²) in [7, 11) is 0. The van der Waals surface area contributed by atoms with Crippen LogP contribution in [0.15, 0.2) is 54.9 Å². The molecular weight excluding hydrogens is 340 g/mol. The van der Waals surface area contributed by atoms with E-state index < -0.39 is 0 Å². The molecule has 0 saturated carbocycles. The van der Waals surface area contributed by atoms with Gasteiger partial charge in [-0.3, -0.25) is 9.59 Å². The topological polar surface area (TPSA) is 66.7 Å². The number of imidazole rings is 1. The molecule has 0 radical (unpaired) electrons. The molecule has 27 heavy (non-hydrogen) atoms. The summed E-state index contributed by atoms with van der Waals surface area (Å²) in [5.41, 5.74) is 2.46. The number of hydrogen-bond donors (Lipinski definition) is 1. The molecule has 1 aliphatic rings. The smallest absolute Gasteiger partial charge is 0.251 e. The first-order valence-electron chi connectivity index (χ1n) is 9.32. The zero-order valence-corrected chi connectivity index (χ0v) is 15.1. The molecule has 3 aromatic rings. The number of pyridine rings is 1. The molecule has 6 heteroatoms. The van der Waals surface area contributed by atoms with Crippen LogP contribution in [0.5, 0.6) is 0 Å². The Bertz CT molecular complexity index is 979. The maximum Gasteiger partial charge on any atom is 0.251 e. The number of anilines is 1. The lowest BCUT2D eigenvalue weighted by atomic mass is 10.1. The van der Waals surface area contributed by atoms with E-state index in [4.69, 9.17) is 0 Å². The summed E-state index contributed by atoms with van der Waals surface area (Å²) in [6.45, 7) is 1.30. The first-order valence-corrected chi connectivity index (χ1v) is 9.32. The Labute approximate surface area is 157 Å². The molecule has 0 atom stereocenters. The van der Waals surface area contributed by atoms with Gasteiger partial charge in [0.1, 0.15) is 5.82 Å². The number of rotatable bonds is 6. The van der Waals surface area contributed by atoms with Crippen molar-refractivity contribution in [2.24, 2.45) is 0 Å². The summed E-state index contributed by atoms with van der Waals surface area (Å²) in [5, 5.41) is 2.96. The van der Waals surface area contributed by atoms with Crippen molar-refractivity contribution in [2.45, 2.75) is 25.7 Å². The lowest BCUT2D eigenvalue weighted by Gasteiger charge is -2.16. The molecule has 4 rings (SSSR count). The molecule has 6 nitrogen and oxygen atoms in total. The molecule has 1 N–H and O–H groups in total. The maximum atomic E-state index is 12.4. The number of hydrogen-bond acceptors (Lipinski definition) is 3. The fourth-order valence-corrected chi connectivity index (χ4v) is 3.47. The molecule has 138 valence electrons. The van der Waals surface area contributed by atoms with Crippen molar-refractivity contribution in [1.29, 1.82) is 0 Å². The minimum absolute atomic E-state index is 0.114. The van der Waals surface area contributed by atoms with Gasteiger partial charge in [-0.1, -0.05) is 12.1 Å². The number of benzene rings is 1. The third kappa shape index (κ3) is 3.69. The summed E-state index contributed by atoms with van der Waals surface area (Å²) in [4.78, 5) is 30.5. The monoisotopic (exact) mass is 362 g/mol. The van der Waals surface area contributed by atoms with Gasteiger partial charge in [-0.05, 0) is 43.2 Å². The Morgan fingerprint density at radius 1 is 1.19 bits per heavy atom. The van der Waals surface area contributed by atoms with Crippen molar-refractivity contribution >= 4 is 23.0 Å². The summed E-state index contributed by atoms with van der Waals surface area (Å²) in [5.74, 6) is 1.00. The molecule has 0 aliphatic carbocycles. The quantitative estimate of drug-likeness (QED) is 0.686. The van der Waals surface area contributed by atoms with Crippen molar-refractivity contribution in [1.82, 2.24) is 14.7 Å². The average molecular weight is 362 g/mol. The van der Waals surface area contributed by atoms with Gasteiger partial charge in [0.2, 0.25) is 5.91 Å². The van der Waals surface area contributed by atoms with E-state index in [2.05, 4.69) is 14.7 Å². The third-order valence-electron chi connectivity index (χ3n) is 4.87. The number of carbonyl (C=O) groups excluding carboxylic acids is 2. The Hall–Kier alpha value is -3.15. The number of carbonyl (C=O) groups is 2. The molecule has 1 saturated heterocycles. The molecule has 2 amide bonds. The van der Waals surface area contributed by atoms with Crippen LogP contribution in [-0.2, 0) is 11.2 Å². The summed E-state index contributed by atoms with van der Waals surface area (Å²) in [6.07, 6.45) is 6.92. The second kappa shape index (κ2) is 7.61. The first kappa shape index (κ1) is 17.3. The highest BCUT2D eigenvalue weighted by Crippen LogP contribution is 2.22. The van der Waals surface area contributed by atoms with Crippen LogP contribution in [0.3, 0.4) is 0 Å². The largest absolute Gasteiger partial charge is 0.352 e. The summed E-state index contributed by atoms with van der Waals surface area (Å²) in [6, 6.07) is 13.3. The van der Waals surface area contributed by atoms with Gasteiger partial charge in [-0.25, -0.2) is 4.98 Å². The first-order chi connectivity index (χ1) is 13.2. The lowest BCUT2D eigenvalue weighted by molar-refractivity contribution is -0.117. The van der Waals surface area contributed by atoms with E-state index in [1.165, 1.54) is 0 Å². The van der Waals surface area contributed by atoms with Gasteiger partial charge in [0, 0.05) is 43.4 Å². The molecule has 1 fully saturated rings. The Morgan fingerprint density at radius 2 is 2.11 bits per heavy atom. The van der Waals surface area contributed by atoms with Gasteiger partial charge in [0.25, 0.3) is 5.91 Å². The van der Waals surface area contributed by atoms with Crippen LogP contribution in [0.4, 0.5) is 5.69 Å². The van der Waals surface area contributed by atoms with Gasteiger partial charge < -0.3 is 14.6 Å². The van der Waals surface area contributed by atoms with Crippen LogP contribution in [-0.4, -0.2) is 34.3 Å². The van der Waals surface area contributed by atoms with Crippen LogP contribution in [0.2, 0.25) is 0 Å². The fraction of sp³-hybridized carbons (Fsp3) is 0.286. The average Bonchev–Trinajstić information content (AvgIpc) is 3.31. The Balaban J connectivity index is 1.32. The predicted molar refractivity (Wildman–Crippen MR) is 104 cm³/mol. The molecule has 1 aliphatic heterocycles. The highest BCUT2D eigenvalue weighted by atomic mass is 16.2. The molecule has 2 aromatic heterocycles. The molecule has 3 heterocycles. The van der Waals surface area contributed by atoms with Crippen molar-refractivity contribution in [3.05, 3.63) is 66.2 Å². The molecule has 0 unspecified atom stereocenters. The van der Waals surface area contributed by atoms with Gasteiger partial charge in [-0.15, -0.1) is 0 Å². The standard InChI is InChI=1S/C21H22N4O2/c26-20-10-5-13-25(20)17-8-3-6-16(14-17)21(27)22-11-4-9-19-23-15-18-7-1-2-12-24(18)19/h1-3,6-8,12,14-15H,4-5,9-11,13H2,(H,22,27). The van der Waals surface area contributed by atoms with Gasteiger partial charge in [0.15, 0.2) is 0 Å². The van der Waals surface area contributed by atoms with E-state index in [9.17, 15) is 9.59 Å². The zero-order valence-electron chi connectivity index (χ0n) is 15.1. The minimum Gasteiger partial charge on any atom is -0.352 e. The zero-order chi connectivity index (χ0) is 18.6. The highest BCUT2D eigenvalue weighted by Gasteiger charge is 2.22. The minimum atomic E-state index is -0.114. The van der Waals surface area contributed by atoms with E-state index in [1.54, 1.807) is 17.0 Å². The fourth-order valence-electron chi connectivity index (χ4n) is 3.47. The molecule has 1 aromatic carbocycles. The Morgan fingerprint density at radius 3 is 2.96 bits per heavy atom. The molecule has 0 bridgehead atoms. The van der Waals surface area contributed by atoms with E-state index in [0.717, 1.165) is 42.8 Å². The van der Waals surface area contributed by atoms with E-state index in [-0.39, 0.29) is 11.8 Å². The van der Waals surface area contributed by atoms with Crippen molar-refractivity contribution in [3.8, 4) is 0 Å². The maximum absolute atomic E-state index is 12.4. The second-order valence-corrected chi connectivity index (χ2v) is 6.73. The summed E-state index contributed by atoms with van der Waals surface area (Å²) >= 11 is 0. The van der Waals surface area contributed by atoms with Crippen LogP contribution in [0.25, 0.3) is 5.52 Å². The van der Waals surface area contributed by atoms with Crippen molar-refractivity contribution in [2.75, 3.05) is 18.0 Å². The summed E-state index contributed by atoms with van der Waals surface area (Å²) < 4.78 is 2.07. The van der Waals surface area contributed by atoms with Gasteiger partial charge in [0.05, 0.1) is 11.7 Å². The number of amides is 2. The van der Waals surface area contributed by atoms with Crippen LogP contribution < -0.4 is 10.2 Å².